The van der Waals surface area contributed by atoms with E-state index in [0.29, 0.717) is 16.5 Å². The van der Waals surface area contributed by atoms with Gasteiger partial charge in [0.25, 0.3) is 0 Å². The third-order valence-electron chi connectivity index (χ3n) is 6.39. The van der Waals surface area contributed by atoms with E-state index in [1.165, 1.54) is 0 Å². The molecule has 3 unspecified atom stereocenters. The van der Waals surface area contributed by atoms with Crippen LogP contribution in [0.15, 0.2) is 48.5 Å². The summed E-state index contributed by atoms with van der Waals surface area (Å²) in [5.41, 5.74) is 1.94. The Labute approximate surface area is 217 Å². The number of halogens is 2. The molecule has 6 nitrogen and oxygen atoms in total. The molecule has 3 atom stereocenters. The lowest BCUT2D eigenvalue weighted by atomic mass is 9.78. The molecule has 4 rings (SSSR count). The van der Waals surface area contributed by atoms with Gasteiger partial charge in [0.15, 0.2) is 0 Å². The molecule has 2 aliphatic rings. The van der Waals surface area contributed by atoms with Crippen molar-refractivity contribution in [1.82, 2.24) is 10.6 Å². The van der Waals surface area contributed by atoms with E-state index in [1.54, 1.807) is 12.1 Å². The van der Waals surface area contributed by atoms with Gasteiger partial charge in [-0.1, -0.05) is 62.2 Å². The molecule has 0 bridgehead atoms. The molecule has 1 aliphatic heterocycles. The molecule has 0 aromatic heterocycles. The molecule has 1 saturated heterocycles. The van der Waals surface area contributed by atoms with Gasteiger partial charge in [0.05, 0.1) is 12.0 Å². The maximum Gasteiger partial charge on any atom is 0.229 e. The molecule has 1 saturated carbocycles. The molecular weight excluding hydrogens is 485 g/mol. The first-order valence-corrected chi connectivity index (χ1v) is 12.7. The van der Waals surface area contributed by atoms with Crippen LogP contribution < -0.4 is 16.0 Å². The van der Waals surface area contributed by atoms with Crippen LogP contribution in [0.2, 0.25) is 10.0 Å². The van der Waals surface area contributed by atoms with E-state index in [9.17, 15) is 9.59 Å². The average Bonchev–Trinajstić information content (AvgIpc) is 3.15. The molecule has 0 radical (unpaired) electrons. The van der Waals surface area contributed by atoms with Crippen LogP contribution in [-0.4, -0.2) is 42.2 Å². The highest BCUT2D eigenvalue weighted by Crippen LogP contribution is 2.38. The smallest absolute Gasteiger partial charge is 0.229 e. The average molecular weight is 521 g/mol. The summed E-state index contributed by atoms with van der Waals surface area (Å²) in [6.45, 7) is 7.36. The first-order valence-electron chi connectivity index (χ1n) is 12.0. The van der Waals surface area contributed by atoms with E-state index in [0.717, 1.165) is 37.1 Å². The maximum atomic E-state index is 13.3. The molecule has 2 aromatic carbocycles. The summed E-state index contributed by atoms with van der Waals surface area (Å²) < 4.78 is 0. The fourth-order valence-corrected chi connectivity index (χ4v) is 5.10. The van der Waals surface area contributed by atoms with E-state index in [-0.39, 0.29) is 41.3 Å². The number of rotatable bonds is 6. The van der Waals surface area contributed by atoms with Gasteiger partial charge in [-0.05, 0) is 60.6 Å². The van der Waals surface area contributed by atoms with Gasteiger partial charge >= 0.3 is 0 Å². The third-order valence-corrected chi connectivity index (χ3v) is 6.86. The van der Waals surface area contributed by atoms with Crippen molar-refractivity contribution in [3.8, 4) is 0 Å². The van der Waals surface area contributed by atoms with Crippen molar-refractivity contribution in [2.45, 2.75) is 64.1 Å². The van der Waals surface area contributed by atoms with Gasteiger partial charge in [0.2, 0.25) is 12.3 Å². The molecular formula is C27H35Cl2N3O3. The number of hydrogen-bond acceptors (Lipinski definition) is 4. The summed E-state index contributed by atoms with van der Waals surface area (Å²) in [7, 11) is 0. The number of hydrogen-bond donors (Lipinski definition) is 4. The predicted octanol–water partition coefficient (Wildman–Crippen LogP) is 5.00. The van der Waals surface area contributed by atoms with Crippen LogP contribution in [0.1, 0.15) is 51.5 Å². The summed E-state index contributed by atoms with van der Waals surface area (Å²) in [5.74, 6) is -0.0848. The number of benzene rings is 2. The number of anilines is 1. The Balaban J connectivity index is 0.000000363. The second kappa shape index (κ2) is 12.2. The Kier molecular flexibility index (Phi) is 9.59. The number of aliphatic hydroxyl groups is 1. The summed E-state index contributed by atoms with van der Waals surface area (Å²) in [4.78, 5) is 23.0. The second-order valence-corrected chi connectivity index (χ2v) is 11.4. The highest BCUT2D eigenvalue weighted by molar-refractivity contribution is 6.31. The lowest BCUT2D eigenvalue weighted by Crippen LogP contribution is -2.43. The van der Waals surface area contributed by atoms with E-state index in [2.05, 4.69) is 42.8 Å². The number of amides is 2. The second-order valence-electron chi connectivity index (χ2n) is 10.6. The summed E-state index contributed by atoms with van der Waals surface area (Å²) in [6.07, 6.45) is 2.86. The standard InChI is InChI=1S/C22H26Cl2N2O.C5H9NO2/c1-22(2,3)12-19-20(21(27)26-17-9-5-8-16(24)11-17)18(13-25-19)14-6-4-7-15(23)10-14;7-3-6-4-1-5(8)2-4/h4-11,18-20,25H,12-13H2,1-3H3,(H,26,27);3-5,8H,1-2H2,(H,6,7). The van der Waals surface area contributed by atoms with Gasteiger partial charge in [-0.2, -0.15) is 0 Å². The zero-order chi connectivity index (χ0) is 25.6. The SMILES string of the molecule is CC(C)(C)CC1NCC(c2cccc(Cl)c2)C1C(=O)Nc1cccc(Cl)c1.O=CNC1CC(O)C1. The maximum absolute atomic E-state index is 13.3. The fourth-order valence-electron chi connectivity index (χ4n) is 4.71. The van der Waals surface area contributed by atoms with Gasteiger partial charge < -0.3 is 21.1 Å². The molecule has 4 N–H and O–H groups in total. The zero-order valence-corrected chi connectivity index (χ0v) is 21.9. The van der Waals surface area contributed by atoms with Crippen LogP contribution in [0.4, 0.5) is 5.69 Å². The molecule has 2 amide bonds. The van der Waals surface area contributed by atoms with Crippen molar-refractivity contribution in [3.63, 3.8) is 0 Å². The van der Waals surface area contributed by atoms with Crippen LogP contribution in [0.25, 0.3) is 0 Å². The van der Waals surface area contributed by atoms with E-state index in [1.807, 2.05) is 30.3 Å². The van der Waals surface area contributed by atoms with E-state index >= 15 is 0 Å². The molecule has 0 spiro atoms. The Morgan fingerprint density at radius 1 is 1.11 bits per heavy atom. The van der Waals surface area contributed by atoms with Crippen LogP contribution in [-0.2, 0) is 9.59 Å². The Bertz CT molecular complexity index is 1010. The van der Waals surface area contributed by atoms with Crippen molar-refractivity contribution >= 4 is 41.2 Å². The number of aliphatic hydroxyl groups excluding tert-OH is 1. The number of carbonyl (C=O) groups excluding carboxylic acids is 2. The van der Waals surface area contributed by atoms with Crippen LogP contribution >= 0.6 is 23.2 Å². The lowest BCUT2D eigenvalue weighted by molar-refractivity contribution is -0.120. The molecule has 1 aliphatic carbocycles. The number of carbonyl (C=O) groups is 2. The largest absolute Gasteiger partial charge is 0.393 e. The number of nitrogens with one attached hydrogen (secondary N) is 3. The molecule has 2 fully saturated rings. The van der Waals surface area contributed by atoms with Crippen LogP contribution in [0.5, 0.6) is 0 Å². The van der Waals surface area contributed by atoms with E-state index < -0.39 is 0 Å². The monoisotopic (exact) mass is 519 g/mol. The first-order chi connectivity index (χ1) is 16.6. The molecule has 190 valence electrons. The molecule has 1 heterocycles. The normalized spacial score (nSPS) is 25.6. The Morgan fingerprint density at radius 2 is 1.77 bits per heavy atom. The minimum absolute atomic E-state index is 0.0153. The van der Waals surface area contributed by atoms with Gasteiger partial charge in [0.1, 0.15) is 0 Å². The van der Waals surface area contributed by atoms with Gasteiger partial charge in [0, 0.05) is 40.3 Å². The zero-order valence-electron chi connectivity index (χ0n) is 20.4. The Hall–Kier alpha value is -2.12. The first kappa shape index (κ1) is 27.5. The van der Waals surface area contributed by atoms with Crippen molar-refractivity contribution in [1.29, 1.82) is 0 Å². The summed E-state index contributed by atoms with van der Waals surface area (Å²) in [5, 5.41) is 19.2. The quantitative estimate of drug-likeness (QED) is 0.404. The fraction of sp³-hybridized carbons (Fsp3) is 0.481. The molecule has 35 heavy (non-hydrogen) atoms. The van der Waals surface area contributed by atoms with Gasteiger partial charge in [-0.3, -0.25) is 9.59 Å². The van der Waals surface area contributed by atoms with Crippen molar-refractivity contribution in [2.75, 3.05) is 11.9 Å². The predicted molar refractivity (Wildman–Crippen MR) is 142 cm³/mol. The highest BCUT2D eigenvalue weighted by Gasteiger charge is 2.42. The molecule has 8 heteroatoms. The minimum atomic E-state index is -0.179. The van der Waals surface area contributed by atoms with Crippen LogP contribution in [0, 0.1) is 11.3 Å². The molecule has 2 aromatic rings. The highest BCUT2D eigenvalue weighted by atomic mass is 35.5. The van der Waals surface area contributed by atoms with Gasteiger partial charge in [-0.25, -0.2) is 0 Å². The lowest BCUT2D eigenvalue weighted by Gasteiger charge is -2.30. The third kappa shape index (κ3) is 8.21. The van der Waals surface area contributed by atoms with E-state index in [4.69, 9.17) is 28.3 Å². The van der Waals surface area contributed by atoms with Crippen LogP contribution in [0.3, 0.4) is 0 Å². The van der Waals surface area contributed by atoms with Crippen molar-refractivity contribution < 1.29 is 14.7 Å². The minimum Gasteiger partial charge on any atom is -0.393 e. The topological polar surface area (TPSA) is 90.5 Å². The summed E-state index contributed by atoms with van der Waals surface area (Å²) >= 11 is 12.3. The van der Waals surface area contributed by atoms with Crippen molar-refractivity contribution in [2.24, 2.45) is 11.3 Å². The van der Waals surface area contributed by atoms with Gasteiger partial charge in [-0.15, -0.1) is 0 Å². The Morgan fingerprint density at radius 3 is 2.34 bits per heavy atom. The van der Waals surface area contributed by atoms with Crippen molar-refractivity contribution in [3.05, 3.63) is 64.1 Å². The summed E-state index contributed by atoms with van der Waals surface area (Å²) in [6, 6.07) is 15.4.